The summed E-state index contributed by atoms with van der Waals surface area (Å²) in [4.78, 5) is 20.1. The maximum atomic E-state index is 13.0. The van der Waals surface area contributed by atoms with Gasteiger partial charge in [-0.25, -0.2) is 14.4 Å². The van der Waals surface area contributed by atoms with Crippen molar-refractivity contribution < 1.29 is 9.18 Å². The number of aromatic amines is 1. The molecule has 0 spiro atoms. The fourth-order valence-electron chi connectivity index (χ4n) is 4.22. The number of hydrogen-bond acceptors (Lipinski definition) is 5. The van der Waals surface area contributed by atoms with E-state index < -0.39 is 0 Å². The lowest BCUT2D eigenvalue weighted by molar-refractivity contribution is -0.120. The molecule has 1 saturated carbocycles. The SMILES string of the molecule is O=C(Nc1ccc(F)cc1)C1CCC(C2=C3c4cc[nH]c4N=CN3NN2)CC1. The summed E-state index contributed by atoms with van der Waals surface area (Å²) in [6.07, 6.45) is 7.16. The van der Waals surface area contributed by atoms with Crippen molar-refractivity contribution in [2.75, 3.05) is 5.32 Å². The van der Waals surface area contributed by atoms with E-state index in [2.05, 4.69) is 26.3 Å². The monoisotopic (exact) mass is 380 g/mol. The molecule has 2 aliphatic heterocycles. The first-order valence-corrected chi connectivity index (χ1v) is 9.52. The quantitative estimate of drug-likeness (QED) is 0.659. The first-order chi connectivity index (χ1) is 13.7. The van der Waals surface area contributed by atoms with Crippen molar-refractivity contribution >= 4 is 29.4 Å². The molecule has 2 aromatic rings. The average Bonchev–Trinajstić information content (AvgIpc) is 3.36. The van der Waals surface area contributed by atoms with E-state index in [1.165, 1.54) is 12.1 Å². The number of halogens is 1. The molecule has 4 N–H and O–H groups in total. The highest BCUT2D eigenvalue weighted by atomic mass is 19.1. The number of nitrogens with zero attached hydrogens (tertiary/aromatic N) is 2. The minimum Gasteiger partial charge on any atom is -0.346 e. The summed E-state index contributed by atoms with van der Waals surface area (Å²) < 4.78 is 13.0. The smallest absolute Gasteiger partial charge is 0.227 e. The van der Waals surface area contributed by atoms with Gasteiger partial charge in [-0.2, -0.15) is 0 Å². The molecule has 0 atom stereocenters. The number of carbonyl (C=O) groups excluding carboxylic acids is 1. The second-order valence-corrected chi connectivity index (χ2v) is 7.40. The summed E-state index contributed by atoms with van der Waals surface area (Å²) in [5.41, 5.74) is 10.4. The number of aromatic nitrogens is 1. The number of amides is 1. The van der Waals surface area contributed by atoms with E-state index in [0.29, 0.717) is 11.6 Å². The van der Waals surface area contributed by atoms with E-state index >= 15 is 0 Å². The van der Waals surface area contributed by atoms with Crippen LogP contribution in [0.3, 0.4) is 0 Å². The van der Waals surface area contributed by atoms with E-state index in [1.807, 2.05) is 17.3 Å². The molecule has 1 fully saturated rings. The topological polar surface area (TPSA) is 84.5 Å². The zero-order chi connectivity index (χ0) is 19.1. The molecule has 3 aliphatic rings. The molecule has 144 valence electrons. The van der Waals surface area contributed by atoms with E-state index in [1.54, 1.807) is 18.5 Å². The summed E-state index contributed by atoms with van der Waals surface area (Å²) in [7, 11) is 0. The summed E-state index contributed by atoms with van der Waals surface area (Å²) in [6.45, 7) is 0. The molecular formula is C20H21FN6O. The number of H-pyrrole nitrogens is 1. The highest BCUT2D eigenvalue weighted by molar-refractivity contribution is 5.92. The van der Waals surface area contributed by atoms with Gasteiger partial charge >= 0.3 is 0 Å². The van der Waals surface area contributed by atoms with Gasteiger partial charge < -0.3 is 15.7 Å². The summed E-state index contributed by atoms with van der Waals surface area (Å²) >= 11 is 0. The minimum absolute atomic E-state index is 0.0135. The van der Waals surface area contributed by atoms with E-state index in [-0.39, 0.29) is 17.6 Å². The standard InChI is InChI=1S/C20H21FN6O/c21-14-5-7-15(8-6-14)24-20(28)13-3-1-12(2-4-13)17-18-16-9-10-22-19(16)23-11-27(18)26-25-17/h5-13,22,25-26H,1-4H2,(H,24,28). The van der Waals surface area contributed by atoms with Crippen LogP contribution in [-0.2, 0) is 4.79 Å². The molecule has 1 amide bonds. The fourth-order valence-corrected chi connectivity index (χ4v) is 4.22. The maximum Gasteiger partial charge on any atom is 0.227 e. The highest BCUT2D eigenvalue weighted by Gasteiger charge is 2.35. The van der Waals surface area contributed by atoms with Crippen LogP contribution in [0.15, 0.2) is 47.2 Å². The molecule has 8 heteroatoms. The van der Waals surface area contributed by atoms with Gasteiger partial charge in [-0.3, -0.25) is 4.79 Å². The average molecular weight is 380 g/mol. The molecule has 1 aliphatic carbocycles. The predicted molar refractivity (Wildman–Crippen MR) is 104 cm³/mol. The van der Waals surface area contributed by atoms with Crippen molar-refractivity contribution in [1.82, 2.24) is 21.0 Å². The minimum atomic E-state index is -0.307. The lowest BCUT2D eigenvalue weighted by Crippen LogP contribution is -2.38. The third kappa shape index (κ3) is 2.95. The number of anilines is 1. The molecule has 5 rings (SSSR count). The van der Waals surface area contributed by atoms with Crippen LogP contribution in [0, 0.1) is 17.7 Å². The zero-order valence-corrected chi connectivity index (χ0v) is 15.2. The first-order valence-electron chi connectivity index (χ1n) is 9.52. The number of nitrogens with one attached hydrogen (secondary N) is 4. The van der Waals surface area contributed by atoms with Gasteiger partial charge in [-0.15, -0.1) is 5.53 Å². The third-order valence-corrected chi connectivity index (χ3v) is 5.71. The predicted octanol–water partition coefficient (Wildman–Crippen LogP) is 3.27. The Kier molecular flexibility index (Phi) is 4.12. The molecule has 7 nitrogen and oxygen atoms in total. The molecule has 1 aromatic heterocycles. The Morgan fingerprint density at radius 3 is 2.71 bits per heavy atom. The molecule has 28 heavy (non-hydrogen) atoms. The lowest BCUT2D eigenvalue weighted by Gasteiger charge is -2.29. The van der Waals surface area contributed by atoms with Gasteiger partial charge in [-0.05, 0) is 56.0 Å². The molecular weight excluding hydrogens is 359 g/mol. The van der Waals surface area contributed by atoms with E-state index in [9.17, 15) is 9.18 Å². The number of allylic oxidation sites excluding steroid dienone is 1. The van der Waals surface area contributed by atoms with Crippen LogP contribution in [0.2, 0.25) is 0 Å². The van der Waals surface area contributed by atoms with Crippen molar-refractivity contribution in [3.8, 4) is 0 Å². The number of benzene rings is 1. The van der Waals surface area contributed by atoms with Crippen LogP contribution < -0.4 is 16.3 Å². The molecule has 0 bridgehead atoms. The number of aliphatic imine (C=N–C) groups is 1. The number of hydrogen-bond donors (Lipinski definition) is 4. The molecule has 0 radical (unpaired) electrons. The largest absolute Gasteiger partial charge is 0.346 e. The Labute approximate surface area is 161 Å². The molecule has 0 saturated heterocycles. The normalized spacial score (nSPS) is 23.2. The van der Waals surface area contributed by atoms with Crippen LogP contribution >= 0.6 is 0 Å². The Bertz CT molecular complexity index is 955. The Morgan fingerprint density at radius 1 is 1.14 bits per heavy atom. The maximum absolute atomic E-state index is 13.0. The van der Waals surface area contributed by atoms with Gasteiger partial charge in [0.25, 0.3) is 0 Å². The molecule has 1 aromatic carbocycles. The number of hydrazine groups is 2. The van der Waals surface area contributed by atoms with Crippen LogP contribution in [-0.4, -0.2) is 22.2 Å². The van der Waals surface area contributed by atoms with Crippen molar-refractivity contribution in [2.45, 2.75) is 25.7 Å². The second kappa shape index (κ2) is 6.79. The zero-order valence-electron chi connectivity index (χ0n) is 15.2. The van der Waals surface area contributed by atoms with Crippen molar-refractivity contribution in [3.63, 3.8) is 0 Å². The van der Waals surface area contributed by atoms with Crippen LogP contribution in [0.25, 0.3) is 5.70 Å². The Morgan fingerprint density at radius 2 is 1.93 bits per heavy atom. The van der Waals surface area contributed by atoms with Gasteiger partial charge in [-0.1, -0.05) is 0 Å². The van der Waals surface area contributed by atoms with E-state index in [0.717, 1.165) is 48.5 Å². The summed E-state index contributed by atoms with van der Waals surface area (Å²) in [5, 5.41) is 4.80. The van der Waals surface area contributed by atoms with Gasteiger partial charge in [0.1, 0.15) is 18.0 Å². The van der Waals surface area contributed by atoms with Crippen molar-refractivity contribution in [3.05, 3.63) is 53.6 Å². The van der Waals surface area contributed by atoms with Crippen LogP contribution in [0.1, 0.15) is 31.2 Å². The lowest BCUT2D eigenvalue weighted by atomic mass is 9.79. The molecule has 0 unspecified atom stereocenters. The Balaban J connectivity index is 1.26. The fraction of sp³-hybridized carbons (Fsp3) is 0.300. The van der Waals surface area contributed by atoms with Gasteiger partial charge in [0.2, 0.25) is 5.91 Å². The number of fused-ring (bicyclic) bond motifs is 3. The van der Waals surface area contributed by atoms with Gasteiger partial charge in [0.15, 0.2) is 0 Å². The number of rotatable bonds is 3. The van der Waals surface area contributed by atoms with E-state index in [4.69, 9.17) is 0 Å². The van der Waals surface area contributed by atoms with Gasteiger partial charge in [0.05, 0.1) is 11.4 Å². The van der Waals surface area contributed by atoms with Crippen LogP contribution in [0.5, 0.6) is 0 Å². The second-order valence-electron chi connectivity index (χ2n) is 7.40. The van der Waals surface area contributed by atoms with Gasteiger partial charge in [0, 0.05) is 29.3 Å². The highest BCUT2D eigenvalue weighted by Crippen LogP contribution is 2.40. The third-order valence-electron chi connectivity index (χ3n) is 5.71. The van der Waals surface area contributed by atoms with Crippen molar-refractivity contribution in [2.24, 2.45) is 16.8 Å². The number of carbonyl (C=O) groups is 1. The van der Waals surface area contributed by atoms with Crippen LogP contribution in [0.4, 0.5) is 15.9 Å². The summed E-state index contributed by atoms with van der Waals surface area (Å²) in [5.74, 6) is 0.906. The summed E-state index contributed by atoms with van der Waals surface area (Å²) in [6, 6.07) is 7.92. The molecule has 3 heterocycles. The Hall–Kier alpha value is -3.13. The first kappa shape index (κ1) is 17.0. The van der Waals surface area contributed by atoms with Crippen molar-refractivity contribution in [1.29, 1.82) is 0 Å².